The number of para-hydroxylation sites is 2. The second kappa shape index (κ2) is 16.7. The second-order valence-corrected chi connectivity index (χ2v) is 30.1. The zero-order chi connectivity index (χ0) is 54.1. The molecule has 3 nitrogen and oxygen atoms in total. The molecule has 7 aromatic carbocycles. The Hall–Kier alpha value is -6.04. The average molecular weight is 1030 g/mol. The summed E-state index contributed by atoms with van der Waals surface area (Å²) in [5, 5.41) is 1.38. The smallest absolute Gasteiger partial charge is 0.264 e. The number of fused-ring (bicyclic) bond motifs is 9. The number of anilines is 9. The van der Waals surface area contributed by atoms with Crippen molar-refractivity contribution in [3.8, 4) is 0 Å². The Kier molecular flexibility index (Phi) is 11.0. The minimum atomic E-state index is -0.0518. The molecule has 0 bridgehead atoms. The molecule has 0 N–H and O–H groups in total. The van der Waals surface area contributed by atoms with Crippen molar-refractivity contribution in [3.63, 3.8) is 0 Å². The molecule has 13 rings (SSSR count). The van der Waals surface area contributed by atoms with E-state index in [1.54, 1.807) is 0 Å². The van der Waals surface area contributed by atoms with Gasteiger partial charge in [-0.3, -0.25) is 0 Å². The Morgan fingerprint density at radius 3 is 1.36 bits per heavy atom. The van der Waals surface area contributed by atoms with E-state index < -0.39 is 0 Å². The van der Waals surface area contributed by atoms with Gasteiger partial charge >= 0.3 is 0 Å². The van der Waals surface area contributed by atoms with Crippen LogP contribution in [-0.2, 0) is 37.9 Å². The lowest BCUT2D eigenvalue weighted by molar-refractivity contribution is 0.332. The number of nitrogens with zero attached hydrogens (tertiary/aromatic N) is 3. The van der Waals surface area contributed by atoms with E-state index in [0.717, 1.165) is 29.9 Å². The summed E-state index contributed by atoms with van der Waals surface area (Å²) < 4.78 is 2.84. The molecule has 0 saturated heterocycles. The van der Waals surface area contributed by atoms with Crippen LogP contribution in [0, 0.1) is 0 Å². The van der Waals surface area contributed by atoms with Gasteiger partial charge in [-0.25, -0.2) is 0 Å². The van der Waals surface area contributed by atoms with E-state index in [0.29, 0.717) is 0 Å². The summed E-state index contributed by atoms with van der Waals surface area (Å²) in [7, 11) is 0. The Morgan fingerprint density at radius 2 is 0.870 bits per heavy atom. The molecule has 8 aromatic rings. The highest BCUT2D eigenvalue weighted by molar-refractivity contribution is 7.33. The fraction of sp³-hybridized carbons (Fsp3) is 0.389. The molecule has 0 unspecified atom stereocenters. The van der Waals surface area contributed by atoms with E-state index in [1.165, 1.54) is 125 Å². The first-order chi connectivity index (χ1) is 36.3. The lowest BCUT2D eigenvalue weighted by Crippen LogP contribution is -2.60. The van der Waals surface area contributed by atoms with Crippen LogP contribution in [0.25, 0.3) is 10.1 Å². The maximum absolute atomic E-state index is 2.77. The Labute approximate surface area is 465 Å². The Balaban J connectivity index is 1.20. The molecule has 0 amide bonds. The van der Waals surface area contributed by atoms with E-state index in [4.69, 9.17) is 0 Å². The molecule has 0 fully saturated rings. The van der Waals surface area contributed by atoms with E-state index in [1.807, 2.05) is 0 Å². The number of hydrogen-bond donors (Lipinski definition) is 0. The van der Waals surface area contributed by atoms with Gasteiger partial charge in [-0.1, -0.05) is 165 Å². The summed E-state index contributed by atoms with van der Waals surface area (Å²) >= 11 is 2.06. The maximum Gasteiger partial charge on any atom is 0.264 e. The van der Waals surface area contributed by atoms with Crippen molar-refractivity contribution in [3.05, 3.63) is 178 Å². The van der Waals surface area contributed by atoms with Crippen molar-refractivity contribution in [2.24, 2.45) is 0 Å². The summed E-state index contributed by atoms with van der Waals surface area (Å²) in [6.07, 6.45) is 7.05. The van der Waals surface area contributed by atoms with Crippen LogP contribution in [0.5, 0.6) is 0 Å². The van der Waals surface area contributed by atoms with Gasteiger partial charge in [-0.2, -0.15) is 0 Å². The third-order valence-corrected chi connectivity index (χ3v) is 21.2. The molecule has 1 aromatic heterocycles. The molecule has 0 spiro atoms. The quantitative estimate of drug-likeness (QED) is 0.159. The lowest BCUT2D eigenvalue weighted by atomic mass is 9.36. The van der Waals surface area contributed by atoms with Crippen LogP contribution >= 0.6 is 11.3 Å². The fourth-order valence-corrected chi connectivity index (χ4v) is 16.0. The van der Waals surface area contributed by atoms with Crippen LogP contribution in [0.3, 0.4) is 0 Å². The standard InChI is InChI=1S/C72H80BN3S/c1-66(2,3)45-26-31-59-58(38-45)73-63-60(75(59)48-27-29-52-54(39-48)69(8,9)34-32-67(52,4)5)41-50(74(46-22-18-16-19-23-46)47-24-20-17-21-25-47)42-61(63)76(49-28-30-53-55(40-49)70(10,11)35-33-68(53,6)7)64-51-43-56-57(44-62(51)77-65(64)73)72(14,15)37-36-71(56,12)13/h16-31,38-44H,32-37H2,1-15H3. The Morgan fingerprint density at radius 1 is 0.429 bits per heavy atom. The van der Waals surface area contributed by atoms with Crippen molar-refractivity contribution in [2.45, 2.75) is 180 Å². The van der Waals surface area contributed by atoms with E-state index in [2.05, 4.69) is 269 Å². The van der Waals surface area contributed by atoms with Gasteiger partial charge in [0.2, 0.25) is 0 Å². The summed E-state index contributed by atoms with van der Waals surface area (Å²) in [5.74, 6) is 0. The van der Waals surface area contributed by atoms with Gasteiger partial charge in [0.25, 0.3) is 6.71 Å². The first kappa shape index (κ1) is 50.5. The predicted octanol–water partition coefficient (Wildman–Crippen LogP) is 18.8. The third kappa shape index (κ3) is 7.77. The molecule has 3 heterocycles. The Bertz CT molecular complexity index is 3670. The van der Waals surface area contributed by atoms with Crippen molar-refractivity contribution in [1.82, 2.24) is 0 Å². The molecule has 2 aliphatic heterocycles. The molecule has 0 atom stereocenters. The summed E-state index contributed by atoms with van der Waals surface area (Å²) in [6.45, 7) is 36.9. The minimum absolute atomic E-state index is 0.00722. The van der Waals surface area contributed by atoms with Crippen molar-refractivity contribution >= 4 is 95.0 Å². The van der Waals surface area contributed by atoms with Gasteiger partial charge in [-0.15, -0.1) is 11.3 Å². The first-order valence-corrected chi connectivity index (χ1v) is 29.8. The van der Waals surface area contributed by atoms with Gasteiger partial charge in [0.05, 0.1) is 11.4 Å². The van der Waals surface area contributed by atoms with Crippen molar-refractivity contribution in [2.75, 3.05) is 14.7 Å². The normalized spacial score (nSPS) is 19.6. The van der Waals surface area contributed by atoms with E-state index in [9.17, 15) is 0 Å². The molecule has 0 radical (unpaired) electrons. The van der Waals surface area contributed by atoms with Crippen LogP contribution < -0.4 is 30.4 Å². The largest absolute Gasteiger partial charge is 0.311 e. The average Bonchev–Trinajstić information content (AvgIpc) is 3.79. The van der Waals surface area contributed by atoms with Gasteiger partial charge in [0.15, 0.2) is 0 Å². The van der Waals surface area contributed by atoms with Crippen molar-refractivity contribution in [1.29, 1.82) is 0 Å². The van der Waals surface area contributed by atoms with Crippen molar-refractivity contribution < 1.29 is 0 Å². The molecule has 5 aliphatic rings. The first-order valence-electron chi connectivity index (χ1n) is 29.0. The summed E-state index contributed by atoms with van der Waals surface area (Å²) in [5.41, 5.74) is 24.5. The molecular formula is C72H80BN3S. The SMILES string of the molecule is CC(C)(C)c1ccc2c(c1)B1c3sc4cc5c(cc4c3N(c3ccc4c(c3)C(C)(C)CCC4(C)C)c3cc(N(c4ccccc4)c4ccccc4)cc(c31)N2c1ccc2c(c1)C(C)(C)CCC2(C)C)C(C)(C)CCC5(C)C. The van der Waals surface area contributed by atoms with Gasteiger partial charge in [0, 0.05) is 54.7 Å². The highest BCUT2D eigenvalue weighted by atomic mass is 32.1. The van der Waals surface area contributed by atoms with Crippen LogP contribution in [0.4, 0.5) is 51.2 Å². The predicted molar refractivity (Wildman–Crippen MR) is 335 cm³/mol. The fourth-order valence-electron chi connectivity index (χ4n) is 14.7. The second-order valence-electron chi connectivity index (χ2n) is 29.0. The summed E-state index contributed by atoms with van der Waals surface area (Å²) in [6, 6.07) is 55.3. The van der Waals surface area contributed by atoms with Gasteiger partial charge in [-0.05, 0) is 205 Å². The molecule has 3 aliphatic carbocycles. The molecular weight excluding hydrogens is 950 g/mol. The van der Waals surface area contributed by atoms with E-state index >= 15 is 0 Å². The van der Waals surface area contributed by atoms with Crippen LogP contribution in [0.2, 0.25) is 0 Å². The maximum atomic E-state index is 2.77. The van der Waals surface area contributed by atoms with Gasteiger partial charge in [0.1, 0.15) is 0 Å². The topological polar surface area (TPSA) is 9.72 Å². The molecule has 77 heavy (non-hydrogen) atoms. The molecule has 5 heteroatoms. The number of thiophene rings is 1. The van der Waals surface area contributed by atoms with Gasteiger partial charge < -0.3 is 14.7 Å². The van der Waals surface area contributed by atoms with Crippen LogP contribution in [0.1, 0.15) is 181 Å². The summed E-state index contributed by atoms with van der Waals surface area (Å²) in [4.78, 5) is 7.95. The molecule has 0 saturated carbocycles. The number of benzene rings is 7. The highest BCUT2D eigenvalue weighted by Crippen LogP contribution is 2.56. The monoisotopic (exact) mass is 1030 g/mol. The lowest BCUT2D eigenvalue weighted by Gasteiger charge is -2.46. The van der Waals surface area contributed by atoms with Crippen LogP contribution in [0.15, 0.2) is 140 Å². The zero-order valence-corrected chi connectivity index (χ0v) is 49.7. The third-order valence-electron chi connectivity index (χ3n) is 20.0. The highest BCUT2D eigenvalue weighted by Gasteiger charge is 2.49. The number of hydrogen-bond acceptors (Lipinski definition) is 4. The zero-order valence-electron chi connectivity index (χ0n) is 48.8. The molecule has 392 valence electrons. The number of rotatable bonds is 5. The van der Waals surface area contributed by atoms with E-state index in [-0.39, 0.29) is 44.6 Å². The van der Waals surface area contributed by atoms with Crippen LogP contribution in [-0.4, -0.2) is 6.71 Å². The minimum Gasteiger partial charge on any atom is -0.311 e.